The van der Waals surface area contributed by atoms with Gasteiger partial charge in [0, 0.05) is 11.1 Å². The molecule has 3 heteroatoms. The van der Waals surface area contributed by atoms with Crippen molar-refractivity contribution in [2.75, 3.05) is 6.61 Å². The van der Waals surface area contributed by atoms with E-state index < -0.39 is 0 Å². The summed E-state index contributed by atoms with van der Waals surface area (Å²) in [5.74, 6) is 0. The van der Waals surface area contributed by atoms with Gasteiger partial charge in [-0.05, 0) is 30.5 Å². The van der Waals surface area contributed by atoms with E-state index in [1.165, 1.54) is 0 Å². The first-order chi connectivity index (χ1) is 6.22. The second-order valence-electron chi connectivity index (χ2n) is 3.11. The fourth-order valence-electron chi connectivity index (χ4n) is 1.14. The molecule has 0 bridgehead atoms. The summed E-state index contributed by atoms with van der Waals surface area (Å²) >= 11 is 5.81. The van der Waals surface area contributed by atoms with Gasteiger partial charge in [-0.25, -0.2) is 0 Å². The van der Waals surface area contributed by atoms with E-state index in [0.717, 1.165) is 23.4 Å². The van der Waals surface area contributed by atoms with Crippen molar-refractivity contribution in [2.45, 2.75) is 18.9 Å². The molecule has 1 atom stereocenters. The van der Waals surface area contributed by atoms with Gasteiger partial charge in [-0.3, -0.25) is 0 Å². The van der Waals surface area contributed by atoms with Crippen LogP contribution >= 0.6 is 11.6 Å². The molecule has 13 heavy (non-hydrogen) atoms. The van der Waals surface area contributed by atoms with Gasteiger partial charge < -0.3 is 10.8 Å². The van der Waals surface area contributed by atoms with Crippen LogP contribution in [0.15, 0.2) is 24.3 Å². The van der Waals surface area contributed by atoms with Crippen molar-refractivity contribution in [3.8, 4) is 0 Å². The van der Waals surface area contributed by atoms with Crippen LogP contribution in [0.4, 0.5) is 0 Å². The Morgan fingerprint density at radius 1 is 1.46 bits per heavy atom. The zero-order chi connectivity index (χ0) is 9.68. The Labute approximate surface area is 83.3 Å². The second-order valence-corrected chi connectivity index (χ2v) is 3.55. The lowest BCUT2D eigenvalue weighted by Gasteiger charge is -2.07. The molecule has 0 amide bonds. The molecule has 0 aliphatic rings. The fraction of sp³-hybridized carbons (Fsp3) is 0.400. The third-order valence-electron chi connectivity index (χ3n) is 1.93. The third kappa shape index (κ3) is 3.77. The first-order valence-corrected chi connectivity index (χ1v) is 4.71. The zero-order valence-electron chi connectivity index (χ0n) is 7.41. The van der Waals surface area contributed by atoms with Gasteiger partial charge in [-0.15, -0.1) is 0 Å². The Morgan fingerprint density at radius 2 is 2.23 bits per heavy atom. The van der Waals surface area contributed by atoms with Crippen LogP contribution in [0.3, 0.4) is 0 Å². The summed E-state index contributed by atoms with van der Waals surface area (Å²) < 4.78 is 0. The first kappa shape index (κ1) is 10.5. The minimum Gasteiger partial charge on any atom is -0.395 e. The van der Waals surface area contributed by atoms with Crippen LogP contribution in [-0.2, 0) is 6.42 Å². The summed E-state index contributed by atoms with van der Waals surface area (Å²) in [6.07, 6.45) is 1.65. The van der Waals surface area contributed by atoms with Crippen LogP contribution in [-0.4, -0.2) is 17.8 Å². The fourth-order valence-corrected chi connectivity index (χ4v) is 1.35. The van der Waals surface area contributed by atoms with E-state index in [4.69, 9.17) is 22.4 Å². The van der Waals surface area contributed by atoms with Gasteiger partial charge in [0.15, 0.2) is 0 Å². The van der Waals surface area contributed by atoms with Crippen LogP contribution < -0.4 is 5.73 Å². The highest BCUT2D eigenvalue weighted by Crippen LogP contribution is 2.12. The molecule has 0 spiro atoms. The predicted molar refractivity (Wildman–Crippen MR) is 54.8 cm³/mol. The molecule has 1 rings (SSSR count). The van der Waals surface area contributed by atoms with Crippen LogP contribution in [0.25, 0.3) is 0 Å². The molecule has 2 nitrogen and oxygen atoms in total. The van der Waals surface area contributed by atoms with E-state index in [2.05, 4.69) is 0 Å². The highest BCUT2D eigenvalue weighted by Gasteiger charge is 2.01. The molecule has 0 radical (unpaired) electrons. The molecular formula is C10H14ClNO. The normalized spacial score (nSPS) is 12.8. The number of hydrogen-bond donors (Lipinski definition) is 2. The quantitative estimate of drug-likeness (QED) is 0.774. The SMILES string of the molecule is N[C@H](CO)CCc1cccc(Cl)c1. The second kappa shape index (κ2) is 5.22. The lowest BCUT2D eigenvalue weighted by molar-refractivity contribution is 0.260. The average molecular weight is 200 g/mol. The Hall–Kier alpha value is -0.570. The van der Waals surface area contributed by atoms with Gasteiger partial charge in [0.25, 0.3) is 0 Å². The monoisotopic (exact) mass is 199 g/mol. The smallest absolute Gasteiger partial charge is 0.0582 e. The summed E-state index contributed by atoms with van der Waals surface area (Å²) in [4.78, 5) is 0. The number of nitrogens with two attached hydrogens (primary N) is 1. The largest absolute Gasteiger partial charge is 0.395 e. The zero-order valence-corrected chi connectivity index (χ0v) is 8.17. The molecule has 1 aromatic rings. The van der Waals surface area contributed by atoms with Crippen LogP contribution in [0.5, 0.6) is 0 Å². The molecular weight excluding hydrogens is 186 g/mol. The maximum absolute atomic E-state index is 8.72. The number of halogens is 1. The van der Waals surface area contributed by atoms with E-state index in [1.54, 1.807) is 0 Å². The summed E-state index contributed by atoms with van der Waals surface area (Å²) in [6, 6.07) is 7.57. The Morgan fingerprint density at radius 3 is 2.85 bits per heavy atom. The molecule has 72 valence electrons. The van der Waals surface area contributed by atoms with Crippen molar-refractivity contribution in [3.05, 3.63) is 34.9 Å². The number of rotatable bonds is 4. The number of aryl methyl sites for hydroxylation is 1. The molecule has 0 fully saturated rings. The van der Waals surface area contributed by atoms with Crippen LogP contribution in [0, 0.1) is 0 Å². The summed E-state index contributed by atoms with van der Waals surface area (Å²) in [6.45, 7) is 0.0422. The lowest BCUT2D eigenvalue weighted by atomic mass is 10.1. The minimum absolute atomic E-state index is 0.0422. The molecule has 0 heterocycles. The number of aliphatic hydroxyl groups is 1. The van der Waals surface area contributed by atoms with Crippen molar-refractivity contribution >= 4 is 11.6 Å². The standard InChI is InChI=1S/C10H14ClNO/c11-9-3-1-2-8(6-9)4-5-10(12)7-13/h1-3,6,10,13H,4-5,7,12H2/t10-/m0/s1. The van der Waals surface area contributed by atoms with Crippen LogP contribution in [0.2, 0.25) is 5.02 Å². The van der Waals surface area contributed by atoms with Gasteiger partial charge >= 0.3 is 0 Å². The van der Waals surface area contributed by atoms with Gasteiger partial charge in [-0.1, -0.05) is 23.7 Å². The van der Waals surface area contributed by atoms with Crippen molar-refractivity contribution < 1.29 is 5.11 Å². The van der Waals surface area contributed by atoms with Crippen molar-refractivity contribution in [1.29, 1.82) is 0 Å². The lowest BCUT2D eigenvalue weighted by Crippen LogP contribution is -2.24. The van der Waals surface area contributed by atoms with E-state index in [-0.39, 0.29) is 12.6 Å². The van der Waals surface area contributed by atoms with Crippen molar-refractivity contribution in [2.24, 2.45) is 5.73 Å². The van der Waals surface area contributed by atoms with Gasteiger partial charge in [0.1, 0.15) is 0 Å². The molecule has 1 aromatic carbocycles. The molecule has 3 N–H and O–H groups in total. The summed E-state index contributed by atoms with van der Waals surface area (Å²) in [5.41, 5.74) is 6.74. The highest BCUT2D eigenvalue weighted by molar-refractivity contribution is 6.30. The van der Waals surface area contributed by atoms with Gasteiger partial charge in [0.2, 0.25) is 0 Å². The van der Waals surface area contributed by atoms with E-state index >= 15 is 0 Å². The van der Waals surface area contributed by atoms with Gasteiger partial charge in [-0.2, -0.15) is 0 Å². The van der Waals surface area contributed by atoms with Crippen molar-refractivity contribution in [1.82, 2.24) is 0 Å². The van der Waals surface area contributed by atoms with E-state index in [9.17, 15) is 0 Å². The predicted octanol–water partition coefficient (Wildman–Crippen LogP) is 1.59. The van der Waals surface area contributed by atoms with E-state index in [1.807, 2.05) is 24.3 Å². The number of benzene rings is 1. The molecule has 0 saturated heterocycles. The molecule has 0 unspecified atom stereocenters. The van der Waals surface area contributed by atoms with Crippen LogP contribution in [0.1, 0.15) is 12.0 Å². The molecule has 0 aromatic heterocycles. The maximum atomic E-state index is 8.72. The van der Waals surface area contributed by atoms with Crippen molar-refractivity contribution in [3.63, 3.8) is 0 Å². The van der Waals surface area contributed by atoms with E-state index in [0.29, 0.717) is 0 Å². The summed E-state index contributed by atoms with van der Waals surface area (Å²) in [7, 11) is 0. The highest BCUT2D eigenvalue weighted by atomic mass is 35.5. The topological polar surface area (TPSA) is 46.2 Å². The molecule has 0 saturated carbocycles. The average Bonchev–Trinajstić information content (AvgIpc) is 2.14. The van der Waals surface area contributed by atoms with Gasteiger partial charge in [0.05, 0.1) is 6.61 Å². The molecule has 0 aliphatic heterocycles. The number of hydrogen-bond acceptors (Lipinski definition) is 2. The maximum Gasteiger partial charge on any atom is 0.0582 e. The number of aliphatic hydroxyl groups excluding tert-OH is 1. The Kier molecular flexibility index (Phi) is 4.22. The third-order valence-corrected chi connectivity index (χ3v) is 2.16. The molecule has 0 aliphatic carbocycles. The minimum atomic E-state index is -0.126. The summed E-state index contributed by atoms with van der Waals surface area (Å²) in [5, 5.41) is 9.46. The Balaban J connectivity index is 2.45. The first-order valence-electron chi connectivity index (χ1n) is 4.33. The Bertz CT molecular complexity index is 265.